The molecule has 1 aliphatic rings. The Morgan fingerprint density at radius 1 is 0.933 bits per heavy atom. The highest BCUT2D eigenvalue weighted by Crippen LogP contribution is 2.22. The molecule has 0 bridgehead atoms. The van der Waals surface area contributed by atoms with Crippen molar-refractivity contribution in [1.82, 2.24) is 20.4 Å². The number of amides is 4. The lowest BCUT2D eigenvalue weighted by atomic mass is 10.0. The molecule has 0 unspecified atom stereocenters. The minimum atomic E-state index is -1.69. The number of benzene rings is 3. The Morgan fingerprint density at radius 3 is 2.22 bits per heavy atom. The number of halogens is 2. The van der Waals surface area contributed by atoms with E-state index in [4.69, 9.17) is 0 Å². The van der Waals surface area contributed by atoms with Gasteiger partial charge in [-0.05, 0) is 79.3 Å². The van der Waals surface area contributed by atoms with Gasteiger partial charge in [0.15, 0.2) is 0 Å². The molecule has 4 rings (SSSR count). The minimum absolute atomic E-state index is 0.131. The van der Waals surface area contributed by atoms with Crippen molar-refractivity contribution in [2.75, 3.05) is 19.6 Å². The highest BCUT2D eigenvalue weighted by molar-refractivity contribution is 6.01. The van der Waals surface area contributed by atoms with Crippen LogP contribution >= 0.6 is 0 Å². The Bertz CT molecular complexity index is 1550. The molecule has 9 nitrogen and oxygen atoms in total. The average molecular weight is 621 g/mol. The molecule has 3 aromatic carbocycles. The average Bonchev–Trinajstić information content (AvgIpc) is 3.29. The molecule has 0 spiro atoms. The zero-order chi connectivity index (χ0) is 32.7. The first-order chi connectivity index (χ1) is 21.5. The van der Waals surface area contributed by atoms with E-state index in [2.05, 4.69) is 10.6 Å². The van der Waals surface area contributed by atoms with Crippen LogP contribution in [0, 0.1) is 18.6 Å². The number of fused-ring (bicyclic) bond motifs is 1. The fourth-order valence-corrected chi connectivity index (χ4v) is 5.48. The normalized spacial score (nSPS) is 13.6. The zero-order valence-corrected chi connectivity index (χ0v) is 25.6. The second kappa shape index (κ2) is 14.9. The summed E-state index contributed by atoms with van der Waals surface area (Å²) < 4.78 is 28.0. The summed E-state index contributed by atoms with van der Waals surface area (Å²) in [7, 11) is 0. The summed E-state index contributed by atoms with van der Waals surface area (Å²) in [6.07, 6.45) is -0.386. The van der Waals surface area contributed by atoms with Gasteiger partial charge in [0, 0.05) is 42.4 Å². The van der Waals surface area contributed by atoms with Crippen molar-refractivity contribution in [2.24, 2.45) is 0 Å². The highest BCUT2D eigenvalue weighted by atomic mass is 19.1. The number of rotatable bonds is 13. The molecule has 11 heteroatoms. The number of aliphatic hydroxyl groups excluding tert-OH is 1. The van der Waals surface area contributed by atoms with Gasteiger partial charge >= 0.3 is 0 Å². The van der Waals surface area contributed by atoms with Gasteiger partial charge in [-0.15, -0.1) is 0 Å². The van der Waals surface area contributed by atoms with Crippen molar-refractivity contribution in [3.8, 4) is 0 Å². The third-order valence-corrected chi connectivity index (χ3v) is 7.48. The number of nitrogens with one attached hydrogen (secondary N) is 2. The van der Waals surface area contributed by atoms with Gasteiger partial charge in [0.25, 0.3) is 17.7 Å². The topological polar surface area (TPSA) is 119 Å². The number of carbonyl (C=O) groups excluding carboxylic acids is 4. The Labute approximate surface area is 261 Å². The maximum Gasteiger partial charge on any atom is 0.254 e. The third kappa shape index (κ3) is 8.51. The van der Waals surface area contributed by atoms with E-state index in [1.54, 1.807) is 48.2 Å². The summed E-state index contributed by atoms with van der Waals surface area (Å²) in [5.41, 5.74) is 2.53. The largest absolute Gasteiger partial charge is 0.372 e. The number of hydrogen-bond acceptors (Lipinski definition) is 5. The molecule has 1 aliphatic heterocycles. The third-order valence-electron chi connectivity index (χ3n) is 7.48. The predicted molar refractivity (Wildman–Crippen MR) is 164 cm³/mol. The van der Waals surface area contributed by atoms with Crippen LogP contribution in [-0.2, 0) is 17.8 Å². The standard InChI is InChI=1S/C34H38F2N4O5/c1-4-10-39(11-5-2)33(44)25-13-21(3)12-24(17-25)31(42)37-29(16-22-14-26(35)18-27(36)15-22)32(43)38-30(41)20-40-19-23-8-6-7-9-28(23)34(40)45/h6-9,12-15,17-18,29,32,43H,4-5,10-11,16,19-20H2,1-3H3,(H,37,42)(H,38,41)/t29-,32+/m1/s1. The SMILES string of the molecule is CCCN(CCC)C(=O)c1cc(C)cc(C(=O)N[C@H](Cc2cc(F)cc(F)c2)[C@H](O)NC(=O)CN2Cc3ccccc3C2=O)c1. The van der Waals surface area contributed by atoms with Crippen molar-refractivity contribution in [3.05, 3.63) is 106 Å². The van der Waals surface area contributed by atoms with Crippen LogP contribution in [0.5, 0.6) is 0 Å². The van der Waals surface area contributed by atoms with E-state index in [1.165, 1.54) is 11.0 Å². The number of hydrogen-bond donors (Lipinski definition) is 3. The van der Waals surface area contributed by atoms with Crippen LogP contribution in [0.3, 0.4) is 0 Å². The van der Waals surface area contributed by atoms with Crippen LogP contribution in [-0.4, -0.2) is 70.4 Å². The van der Waals surface area contributed by atoms with E-state index in [9.17, 15) is 33.1 Å². The Morgan fingerprint density at radius 2 is 1.58 bits per heavy atom. The molecule has 0 saturated heterocycles. The number of carbonyl (C=O) groups is 4. The Hall–Kier alpha value is -4.64. The van der Waals surface area contributed by atoms with E-state index in [0.717, 1.165) is 30.5 Å². The summed E-state index contributed by atoms with van der Waals surface area (Å²) >= 11 is 0. The predicted octanol–water partition coefficient (Wildman–Crippen LogP) is 3.97. The fourth-order valence-electron chi connectivity index (χ4n) is 5.48. The van der Waals surface area contributed by atoms with E-state index in [1.807, 2.05) is 13.8 Å². The van der Waals surface area contributed by atoms with Crippen LogP contribution in [0.15, 0.2) is 60.7 Å². The number of aryl methyl sites for hydroxylation is 1. The molecule has 0 saturated carbocycles. The molecule has 0 aromatic heterocycles. The molecular formula is C34H38F2N4O5. The van der Waals surface area contributed by atoms with Gasteiger partial charge in [0.05, 0.1) is 6.04 Å². The monoisotopic (exact) mass is 620 g/mol. The van der Waals surface area contributed by atoms with Gasteiger partial charge in [-0.2, -0.15) is 0 Å². The van der Waals surface area contributed by atoms with Crippen molar-refractivity contribution in [3.63, 3.8) is 0 Å². The first-order valence-corrected chi connectivity index (χ1v) is 15.0. The van der Waals surface area contributed by atoms with Gasteiger partial charge in [-0.3, -0.25) is 19.2 Å². The number of nitrogens with zero attached hydrogens (tertiary/aromatic N) is 2. The van der Waals surface area contributed by atoms with E-state index < -0.39 is 35.7 Å². The molecule has 3 aromatic rings. The summed E-state index contributed by atoms with van der Waals surface area (Å²) in [6.45, 7) is 6.70. The highest BCUT2D eigenvalue weighted by Gasteiger charge is 2.30. The lowest BCUT2D eigenvalue weighted by Crippen LogP contribution is -2.54. The summed E-state index contributed by atoms with van der Waals surface area (Å²) in [4.78, 5) is 55.4. The fraction of sp³-hybridized carbons (Fsp3) is 0.353. The second-order valence-electron chi connectivity index (χ2n) is 11.3. The molecule has 238 valence electrons. The van der Waals surface area contributed by atoms with Gasteiger partial charge in [-0.25, -0.2) is 8.78 Å². The summed E-state index contributed by atoms with van der Waals surface area (Å²) in [6, 6.07) is 13.3. The first kappa shape index (κ1) is 33.3. The quantitative estimate of drug-likeness (QED) is 0.250. The molecular weight excluding hydrogens is 582 g/mol. The maximum absolute atomic E-state index is 14.0. The summed E-state index contributed by atoms with van der Waals surface area (Å²) in [5, 5.41) is 16.1. The molecule has 4 amide bonds. The van der Waals surface area contributed by atoms with Crippen molar-refractivity contribution < 1.29 is 33.1 Å². The molecule has 2 atom stereocenters. The Kier molecular flexibility index (Phi) is 11.0. The molecule has 3 N–H and O–H groups in total. The number of aliphatic hydroxyl groups is 1. The van der Waals surface area contributed by atoms with Crippen LogP contribution < -0.4 is 10.6 Å². The maximum atomic E-state index is 14.0. The van der Waals surface area contributed by atoms with Gasteiger partial charge < -0.3 is 25.5 Å². The lowest BCUT2D eigenvalue weighted by Gasteiger charge is -2.26. The first-order valence-electron chi connectivity index (χ1n) is 15.0. The molecule has 1 heterocycles. The minimum Gasteiger partial charge on any atom is -0.372 e. The van der Waals surface area contributed by atoms with Crippen molar-refractivity contribution in [1.29, 1.82) is 0 Å². The van der Waals surface area contributed by atoms with Crippen molar-refractivity contribution in [2.45, 2.75) is 58.8 Å². The van der Waals surface area contributed by atoms with Crippen LogP contribution in [0.4, 0.5) is 8.78 Å². The molecule has 0 radical (unpaired) electrons. The van der Waals surface area contributed by atoms with E-state index in [-0.39, 0.29) is 42.5 Å². The van der Waals surface area contributed by atoms with Crippen molar-refractivity contribution >= 4 is 23.6 Å². The molecule has 0 fully saturated rings. The second-order valence-corrected chi connectivity index (χ2v) is 11.3. The van der Waals surface area contributed by atoms with Crippen LogP contribution in [0.25, 0.3) is 0 Å². The lowest BCUT2D eigenvalue weighted by molar-refractivity contribution is -0.125. The van der Waals surface area contributed by atoms with Gasteiger partial charge in [-0.1, -0.05) is 32.0 Å². The smallest absolute Gasteiger partial charge is 0.254 e. The van der Waals surface area contributed by atoms with E-state index >= 15 is 0 Å². The van der Waals surface area contributed by atoms with Crippen LogP contribution in [0.2, 0.25) is 0 Å². The van der Waals surface area contributed by atoms with Gasteiger partial charge in [0.2, 0.25) is 5.91 Å². The molecule has 0 aliphatic carbocycles. The van der Waals surface area contributed by atoms with Gasteiger partial charge in [0.1, 0.15) is 24.4 Å². The summed E-state index contributed by atoms with van der Waals surface area (Å²) in [5.74, 6) is -3.57. The zero-order valence-electron chi connectivity index (χ0n) is 25.6. The Balaban J connectivity index is 1.53. The van der Waals surface area contributed by atoms with Crippen LogP contribution in [0.1, 0.15) is 74.5 Å². The molecule has 45 heavy (non-hydrogen) atoms. The van der Waals surface area contributed by atoms with E-state index in [0.29, 0.717) is 35.8 Å².